The van der Waals surface area contributed by atoms with Crippen LogP contribution in [0.5, 0.6) is 0 Å². The molecule has 84 valence electrons. The summed E-state index contributed by atoms with van der Waals surface area (Å²) in [5.41, 5.74) is 5.42. The summed E-state index contributed by atoms with van der Waals surface area (Å²) in [4.78, 5) is 3.74. The zero-order valence-electron chi connectivity index (χ0n) is 8.08. The van der Waals surface area contributed by atoms with E-state index >= 15 is 0 Å². The maximum absolute atomic E-state index is 11.8. The Morgan fingerprint density at radius 1 is 1.38 bits per heavy atom. The smallest absolute Gasteiger partial charge is 0.268 e. The van der Waals surface area contributed by atoms with Crippen molar-refractivity contribution in [2.45, 2.75) is 4.90 Å². The molecule has 2 heterocycles. The third-order valence-corrected chi connectivity index (χ3v) is 3.21. The Morgan fingerprint density at radius 2 is 2.19 bits per heavy atom. The molecule has 0 fully saturated rings. The zero-order chi connectivity index (χ0) is 11.6. The van der Waals surface area contributed by atoms with E-state index in [1.165, 1.54) is 12.3 Å². The van der Waals surface area contributed by atoms with Crippen LogP contribution in [0, 0.1) is 0 Å². The summed E-state index contributed by atoms with van der Waals surface area (Å²) in [6, 6.07) is 4.89. The fraction of sp³-hybridized carbons (Fsp3) is 0. The second-order valence-electron chi connectivity index (χ2n) is 2.97. The Labute approximate surface area is 91.8 Å². The molecule has 0 aromatic carbocycles. The number of sulfonamides is 1. The topological polar surface area (TPSA) is 114 Å². The summed E-state index contributed by atoms with van der Waals surface area (Å²) in [6.07, 6.45) is 2.62. The Morgan fingerprint density at radius 3 is 2.75 bits per heavy atom. The van der Waals surface area contributed by atoms with Gasteiger partial charge in [0.25, 0.3) is 10.0 Å². The third-order valence-electron chi connectivity index (χ3n) is 1.83. The highest BCUT2D eigenvalue weighted by Gasteiger charge is 2.19. The van der Waals surface area contributed by atoms with Crippen molar-refractivity contribution >= 4 is 21.7 Å². The minimum absolute atomic E-state index is 0.0107. The predicted octanol–water partition coefficient (Wildman–Crippen LogP) is 0.188. The molecule has 0 aliphatic rings. The van der Waals surface area contributed by atoms with E-state index in [4.69, 9.17) is 5.73 Å². The van der Waals surface area contributed by atoms with Crippen molar-refractivity contribution in [1.82, 2.24) is 15.2 Å². The minimum Gasteiger partial charge on any atom is -0.383 e. The molecule has 8 heteroatoms. The number of nitrogens with two attached hydrogens (primary N) is 1. The Kier molecular flexibility index (Phi) is 2.49. The first-order valence-electron chi connectivity index (χ1n) is 4.32. The average Bonchev–Trinajstić information content (AvgIpc) is 2.66. The summed E-state index contributed by atoms with van der Waals surface area (Å²) < 4.78 is 25.9. The fourth-order valence-corrected chi connectivity index (χ4v) is 2.15. The first-order valence-corrected chi connectivity index (χ1v) is 5.80. The van der Waals surface area contributed by atoms with Crippen molar-refractivity contribution < 1.29 is 8.42 Å². The van der Waals surface area contributed by atoms with Gasteiger partial charge in [0.2, 0.25) is 0 Å². The van der Waals surface area contributed by atoms with Crippen molar-refractivity contribution in [1.29, 1.82) is 0 Å². The molecule has 16 heavy (non-hydrogen) atoms. The molecule has 0 spiro atoms. The van der Waals surface area contributed by atoms with E-state index < -0.39 is 10.0 Å². The van der Waals surface area contributed by atoms with Crippen molar-refractivity contribution in [2.24, 2.45) is 0 Å². The van der Waals surface area contributed by atoms with Crippen molar-refractivity contribution in [2.75, 3.05) is 10.5 Å². The lowest BCUT2D eigenvalue weighted by atomic mass is 10.5. The molecule has 0 radical (unpaired) electrons. The first kappa shape index (κ1) is 10.4. The number of hydrogen-bond acceptors (Lipinski definition) is 5. The molecule has 0 bridgehead atoms. The van der Waals surface area contributed by atoms with Gasteiger partial charge in [-0.25, -0.2) is 13.4 Å². The molecule has 2 rings (SSSR count). The van der Waals surface area contributed by atoms with Gasteiger partial charge >= 0.3 is 0 Å². The zero-order valence-corrected chi connectivity index (χ0v) is 8.90. The molecular weight excluding hydrogens is 230 g/mol. The van der Waals surface area contributed by atoms with Gasteiger partial charge in [-0.05, 0) is 12.1 Å². The van der Waals surface area contributed by atoms with Gasteiger partial charge in [-0.1, -0.05) is 6.07 Å². The van der Waals surface area contributed by atoms with Crippen LogP contribution < -0.4 is 10.5 Å². The lowest BCUT2D eigenvalue weighted by Gasteiger charge is -2.04. The molecule has 2 aromatic rings. The van der Waals surface area contributed by atoms with Crippen LogP contribution in [0.4, 0.5) is 11.6 Å². The summed E-state index contributed by atoms with van der Waals surface area (Å²) >= 11 is 0. The van der Waals surface area contributed by atoms with Crippen LogP contribution in [0.3, 0.4) is 0 Å². The van der Waals surface area contributed by atoms with Crippen LogP contribution in [0.15, 0.2) is 35.5 Å². The van der Waals surface area contributed by atoms with E-state index in [-0.39, 0.29) is 16.5 Å². The fourth-order valence-electron chi connectivity index (χ4n) is 1.12. The van der Waals surface area contributed by atoms with Crippen LogP contribution in [-0.4, -0.2) is 23.6 Å². The summed E-state index contributed by atoms with van der Waals surface area (Å²) in [7, 11) is -3.73. The highest BCUT2D eigenvalue weighted by Crippen LogP contribution is 2.17. The van der Waals surface area contributed by atoms with Crippen LogP contribution in [0.2, 0.25) is 0 Å². The number of aromatic nitrogens is 3. The van der Waals surface area contributed by atoms with Crippen LogP contribution in [-0.2, 0) is 10.0 Å². The summed E-state index contributed by atoms with van der Waals surface area (Å²) in [5, 5.41) is 5.89. The molecule has 4 N–H and O–H groups in total. The van der Waals surface area contributed by atoms with Gasteiger partial charge in [0.1, 0.15) is 16.5 Å². The van der Waals surface area contributed by atoms with Gasteiger partial charge in [0.05, 0.1) is 6.20 Å². The average molecular weight is 239 g/mol. The second-order valence-corrected chi connectivity index (χ2v) is 4.62. The Hall–Kier alpha value is -2.09. The number of anilines is 2. The Balaban J connectivity index is 2.32. The van der Waals surface area contributed by atoms with Gasteiger partial charge in [0.15, 0.2) is 0 Å². The van der Waals surface area contributed by atoms with E-state index in [0.717, 1.165) is 6.20 Å². The van der Waals surface area contributed by atoms with Crippen LogP contribution >= 0.6 is 0 Å². The Bertz CT molecular complexity index is 577. The number of H-pyrrole nitrogens is 1. The summed E-state index contributed by atoms with van der Waals surface area (Å²) in [6.45, 7) is 0. The normalized spacial score (nSPS) is 11.2. The number of hydrogen-bond donors (Lipinski definition) is 3. The molecule has 7 nitrogen and oxygen atoms in total. The maximum atomic E-state index is 11.8. The SMILES string of the molecule is Nc1[nH]ncc1S(=O)(=O)Nc1ccccn1. The van der Waals surface area contributed by atoms with Crippen LogP contribution in [0.1, 0.15) is 0 Å². The van der Waals surface area contributed by atoms with E-state index in [1.807, 2.05) is 0 Å². The second kappa shape index (κ2) is 3.81. The number of nitrogens with zero attached hydrogens (tertiary/aromatic N) is 2. The van der Waals surface area contributed by atoms with Crippen molar-refractivity contribution in [3.63, 3.8) is 0 Å². The van der Waals surface area contributed by atoms with E-state index in [0.29, 0.717) is 0 Å². The molecule has 0 aliphatic heterocycles. The quantitative estimate of drug-likeness (QED) is 0.707. The first-order chi connectivity index (χ1) is 7.59. The molecule has 0 aliphatic carbocycles. The van der Waals surface area contributed by atoms with E-state index in [2.05, 4.69) is 19.9 Å². The highest BCUT2D eigenvalue weighted by molar-refractivity contribution is 7.92. The monoisotopic (exact) mass is 239 g/mol. The largest absolute Gasteiger partial charge is 0.383 e. The molecule has 0 saturated carbocycles. The third kappa shape index (κ3) is 1.96. The standard InChI is InChI=1S/C8H9N5O2S/c9-8-6(5-11-12-8)16(14,15)13-7-3-1-2-4-10-7/h1-5H,(H,10,13)(H3,9,11,12). The molecule has 0 unspecified atom stereocenters. The number of pyridine rings is 1. The molecule has 2 aromatic heterocycles. The molecule has 0 saturated heterocycles. The molecular formula is C8H9N5O2S. The summed E-state index contributed by atoms with van der Waals surface area (Å²) in [5.74, 6) is 0.214. The predicted molar refractivity (Wildman–Crippen MR) is 58.0 cm³/mol. The van der Waals surface area contributed by atoms with Crippen molar-refractivity contribution in [3.8, 4) is 0 Å². The van der Waals surface area contributed by atoms with Gasteiger partial charge in [-0.15, -0.1) is 0 Å². The van der Waals surface area contributed by atoms with E-state index in [1.54, 1.807) is 12.1 Å². The number of nitrogen functional groups attached to an aromatic ring is 1. The van der Waals surface area contributed by atoms with Gasteiger partial charge in [-0.3, -0.25) is 9.82 Å². The minimum atomic E-state index is -3.73. The number of nitrogens with one attached hydrogen (secondary N) is 2. The number of rotatable bonds is 3. The molecule has 0 atom stereocenters. The molecule has 0 amide bonds. The van der Waals surface area contributed by atoms with Crippen molar-refractivity contribution in [3.05, 3.63) is 30.6 Å². The lowest BCUT2D eigenvalue weighted by molar-refractivity contribution is 0.601. The van der Waals surface area contributed by atoms with Gasteiger partial charge < -0.3 is 5.73 Å². The van der Waals surface area contributed by atoms with Crippen LogP contribution in [0.25, 0.3) is 0 Å². The maximum Gasteiger partial charge on any atom is 0.268 e. The number of aromatic amines is 1. The van der Waals surface area contributed by atoms with E-state index in [9.17, 15) is 8.42 Å². The van der Waals surface area contributed by atoms with Gasteiger partial charge in [-0.2, -0.15) is 5.10 Å². The van der Waals surface area contributed by atoms with Gasteiger partial charge in [0, 0.05) is 6.20 Å². The highest BCUT2D eigenvalue weighted by atomic mass is 32.2. The lowest BCUT2D eigenvalue weighted by Crippen LogP contribution is -2.14.